The highest BCUT2D eigenvalue weighted by Crippen LogP contribution is 2.08. The third-order valence-corrected chi connectivity index (χ3v) is 2.78. The zero-order chi connectivity index (χ0) is 13.0. The molecule has 1 N–H and O–H groups in total. The van der Waals surface area contributed by atoms with Gasteiger partial charge in [0.05, 0.1) is 6.54 Å². The van der Waals surface area contributed by atoms with E-state index in [1.807, 2.05) is 31.3 Å². The van der Waals surface area contributed by atoms with Crippen molar-refractivity contribution in [1.82, 2.24) is 15.1 Å². The van der Waals surface area contributed by atoms with E-state index < -0.39 is 0 Å². The number of aromatic nitrogens is 2. The van der Waals surface area contributed by atoms with Gasteiger partial charge in [-0.1, -0.05) is 6.07 Å². The van der Waals surface area contributed by atoms with Gasteiger partial charge in [-0.25, -0.2) is 0 Å². The number of hydrogen-bond donors (Lipinski definition) is 2. The molecule has 5 heteroatoms. The van der Waals surface area contributed by atoms with Crippen LogP contribution in [0.25, 0.3) is 0 Å². The summed E-state index contributed by atoms with van der Waals surface area (Å²) in [6.45, 7) is 2.60. The van der Waals surface area contributed by atoms with Gasteiger partial charge in [0.2, 0.25) is 0 Å². The number of hydrogen-bond acceptors (Lipinski definition) is 3. The van der Waals surface area contributed by atoms with E-state index in [-0.39, 0.29) is 11.9 Å². The summed E-state index contributed by atoms with van der Waals surface area (Å²) in [5, 5.41) is 7.03. The number of carbonyl (C=O) groups excluding carboxylic acids is 1. The molecule has 0 spiro atoms. The SMILES string of the molecule is CC(Cn1cccn1)NC(=O)c1cccc(S)c1. The van der Waals surface area contributed by atoms with Crippen LogP contribution in [0.2, 0.25) is 0 Å². The van der Waals surface area contributed by atoms with E-state index in [0.717, 1.165) is 4.90 Å². The fourth-order valence-corrected chi connectivity index (χ4v) is 1.91. The summed E-state index contributed by atoms with van der Waals surface area (Å²) in [5.74, 6) is -0.0921. The van der Waals surface area contributed by atoms with Gasteiger partial charge in [0, 0.05) is 28.9 Å². The van der Waals surface area contributed by atoms with Gasteiger partial charge in [0.25, 0.3) is 5.91 Å². The Bertz CT molecular complexity index is 525. The Hall–Kier alpha value is -1.75. The summed E-state index contributed by atoms with van der Waals surface area (Å²) >= 11 is 4.22. The molecule has 0 aliphatic rings. The van der Waals surface area contributed by atoms with Crippen LogP contribution in [0.5, 0.6) is 0 Å². The first kappa shape index (κ1) is 12.7. The average molecular weight is 261 g/mol. The van der Waals surface area contributed by atoms with E-state index in [0.29, 0.717) is 12.1 Å². The van der Waals surface area contributed by atoms with Crippen LogP contribution in [-0.4, -0.2) is 21.7 Å². The maximum atomic E-state index is 12.0. The van der Waals surface area contributed by atoms with Crippen molar-refractivity contribution in [2.75, 3.05) is 0 Å². The first-order valence-corrected chi connectivity index (χ1v) is 6.17. The fourth-order valence-electron chi connectivity index (χ4n) is 1.69. The van der Waals surface area contributed by atoms with Crippen LogP contribution in [0.1, 0.15) is 17.3 Å². The van der Waals surface area contributed by atoms with Crippen LogP contribution in [0.15, 0.2) is 47.6 Å². The molecular formula is C13H15N3OS. The van der Waals surface area contributed by atoms with E-state index in [4.69, 9.17) is 0 Å². The Labute approximate surface area is 111 Å². The molecule has 0 saturated carbocycles. The van der Waals surface area contributed by atoms with Crippen molar-refractivity contribution in [3.05, 3.63) is 48.3 Å². The lowest BCUT2D eigenvalue weighted by atomic mass is 10.2. The molecule has 0 bridgehead atoms. The van der Waals surface area contributed by atoms with Crippen LogP contribution in [-0.2, 0) is 6.54 Å². The van der Waals surface area contributed by atoms with Crippen LogP contribution in [0, 0.1) is 0 Å². The quantitative estimate of drug-likeness (QED) is 0.827. The molecule has 1 unspecified atom stereocenters. The summed E-state index contributed by atoms with van der Waals surface area (Å²) in [5.41, 5.74) is 0.620. The smallest absolute Gasteiger partial charge is 0.251 e. The maximum Gasteiger partial charge on any atom is 0.251 e. The Morgan fingerprint density at radius 3 is 3.00 bits per heavy atom. The van der Waals surface area contributed by atoms with Gasteiger partial charge in [-0.15, -0.1) is 12.6 Å². The first-order chi connectivity index (χ1) is 8.65. The number of amides is 1. The highest BCUT2D eigenvalue weighted by molar-refractivity contribution is 7.80. The zero-order valence-corrected chi connectivity index (χ0v) is 11.0. The molecule has 1 aromatic heterocycles. The summed E-state index contributed by atoms with van der Waals surface area (Å²) in [7, 11) is 0. The highest BCUT2D eigenvalue weighted by atomic mass is 32.1. The Morgan fingerprint density at radius 2 is 2.33 bits per heavy atom. The molecule has 1 amide bonds. The van der Waals surface area contributed by atoms with Gasteiger partial charge in [0.1, 0.15) is 0 Å². The number of nitrogens with zero attached hydrogens (tertiary/aromatic N) is 2. The minimum atomic E-state index is -0.0921. The van der Waals surface area contributed by atoms with E-state index in [9.17, 15) is 4.79 Å². The lowest BCUT2D eigenvalue weighted by Gasteiger charge is -2.14. The van der Waals surface area contributed by atoms with Crippen LogP contribution in [0.4, 0.5) is 0 Å². The second-order valence-electron chi connectivity index (χ2n) is 4.15. The van der Waals surface area contributed by atoms with Gasteiger partial charge < -0.3 is 5.32 Å². The molecule has 1 atom stereocenters. The second kappa shape index (κ2) is 5.73. The molecule has 1 heterocycles. The molecule has 2 rings (SSSR count). The number of thiol groups is 1. The largest absolute Gasteiger partial charge is 0.348 e. The average Bonchev–Trinajstić information content (AvgIpc) is 2.81. The summed E-state index contributed by atoms with van der Waals surface area (Å²) in [4.78, 5) is 12.7. The molecular weight excluding hydrogens is 246 g/mol. The molecule has 4 nitrogen and oxygen atoms in total. The molecule has 18 heavy (non-hydrogen) atoms. The van der Waals surface area contributed by atoms with Crippen molar-refractivity contribution >= 4 is 18.5 Å². The number of benzene rings is 1. The molecule has 1 aromatic carbocycles. The molecule has 0 saturated heterocycles. The predicted octanol–water partition coefficient (Wildman–Crippen LogP) is 1.99. The Morgan fingerprint density at radius 1 is 1.50 bits per heavy atom. The Kier molecular flexibility index (Phi) is 4.04. The minimum Gasteiger partial charge on any atom is -0.348 e. The standard InChI is InChI=1S/C13H15N3OS/c1-10(9-16-7-3-6-14-16)15-13(17)11-4-2-5-12(18)8-11/h2-8,10,18H,9H2,1H3,(H,15,17). The third kappa shape index (κ3) is 3.37. The lowest BCUT2D eigenvalue weighted by molar-refractivity contribution is 0.0936. The first-order valence-electron chi connectivity index (χ1n) is 5.72. The van der Waals surface area contributed by atoms with E-state index in [1.165, 1.54) is 0 Å². The van der Waals surface area contributed by atoms with Crippen LogP contribution >= 0.6 is 12.6 Å². The summed E-state index contributed by atoms with van der Waals surface area (Å²) < 4.78 is 1.79. The van der Waals surface area contributed by atoms with Crippen molar-refractivity contribution in [3.63, 3.8) is 0 Å². The molecule has 0 fully saturated rings. The van der Waals surface area contributed by atoms with Gasteiger partial charge >= 0.3 is 0 Å². The molecule has 94 valence electrons. The van der Waals surface area contributed by atoms with Gasteiger partial charge in [-0.05, 0) is 31.2 Å². The summed E-state index contributed by atoms with van der Waals surface area (Å²) in [6.07, 6.45) is 3.59. The van der Waals surface area contributed by atoms with Crippen LogP contribution in [0.3, 0.4) is 0 Å². The van der Waals surface area contributed by atoms with Crippen molar-refractivity contribution in [3.8, 4) is 0 Å². The topological polar surface area (TPSA) is 46.9 Å². The molecule has 2 aromatic rings. The zero-order valence-electron chi connectivity index (χ0n) is 10.1. The van der Waals surface area contributed by atoms with Gasteiger partial charge in [0.15, 0.2) is 0 Å². The second-order valence-corrected chi connectivity index (χ2v) is 4.67. The molecule has 0 aliphatic carbocycles. The maximum absolute atomic E-state index is 12.0. The lowest BCUT2D eigenvalue weighted by Crippen LogP contribution is -2.35. The normalized spacial score (nSPS) is 12.1. The highest BCUT2D eigenvalue weighted by Gasteiger charge is 2.10. The number of rotatable bonds is 4. The van der Waals surface area contributed by atoms with Crippen molar-refractivity contribution in [2.24, 2.45) is 0 Å². The van der Waals surface area contributed by atoms with Crippen LogP contribution < -0.4 is 5.32 Å². The number of nitrogens with one attached hydrogen (secondary N) is 1. The Balaban J connectivity index is 1.95. The van der Waals surface area contributed by atoms with Crippen molar-refractivity contribution < 1.29 is 4.79 Å². The summed E-state index contributed by atoms with van der Waals surface area (Å²) in [6, 6.07) is 9.05. The minimum absolute atomic E-state index is 0.0148. The van der Waals surface area contributed by atoms with E-state index >= 15 is 0 Å². The van der Waals surface area contributed by atoms with Crippen molar-refractivity contribution in [2.45, 2.75) is 24.4 Å². The van der Waals surface area contributed by atoms with E-state index in [2.05, 4.69) is 23.0 Å². The fraction of sp³-hybridized carbons (Fsp3) is 0.231. The van der Waals surface area contributed by atoms with Crippen molar-refractivity contribution in [1.29, 1.82) is 0 Å². The molecule has 0 aliphatic heterocycles. The predicted molar refractivity (Wildman–Crippen MR) is 72.8 cm³/mol. The monoisotopic (exact) mass is 261 g/mol. The van der Waals surface area contributed by atoms with Gasteiger partial charge in [-0.2, -0.15) is 5.10 Å². The third-order valence-electron chi connectivity index (χ3n) is 2.51. The van der Waals surface area contributed by atoms with Gasteiger partial charge in [-0.3, -0.25) is 9.48 Å². The molecule has 0 radical (unpaired) electrons. The van der Waals surface area contributed by atoms with E-state index in [1.54, 1.807) is 23.0 Å². The number of carbonyl (C=O) groups is 1.